The van der Waals surface area contributed by atoms with Gasteiger partial charge < -0.3 is 13.9 Å². The molecule has 0 radical (unpaired) electrons. The lowest BCUT2D eigenvalue weighted by Crippen LogP contribution is -2.41. The number of likely N-dealkylation sites (tertiary alicyclic amines) is 1. The van der Waals surface area contributed by atoms with Crippen molar-refractivity contribution in [2.45, 2.75) is 57.9 Å². The highest BCUT2D eigenvalue weighted by Gasteiger charge is 2.26. The summed E-state index contributed by atoms with van der Waals surface area (Å²) >= 11 is 1.38. The number of aromatic nitrogens is 1. The lowest BCUT2D eigenvalue weighted by Gasteiger charge is -2.26. The summed E-state index contributed by atoms with van der Waals surface area (Å²) < 4.78 is 16.5. The van der Waals surface area contributed by atoms with Crippen molar-refractivity contribution in [3.8, 4) is 5.88 Å². The number of piperidine rings is 1. The van der Waals surface area contributed by atoms with Gasteiger partial charge in [0.25, 0.3) is 0 Å². The number of pyridine rings is 1. The van der Waals surface area contributed by atoms with Crippen LogP contribution in [0.1, 0.15) is 51.4 Å². The summed E-state index contributed by atoms with van der Waals surface area (Å²) in [5.74, 6) is 1.70. The van der Waals surface area contributed by atoms with Gasteiger partial charge in [-0.1, -0.05) is 12.5 Å². The van der Waals surface area contributed by atoms with Crippen LogP contribution in [-0.2, 0) is 21.8 Å². The molecule has 0 aromatic carbocycles. The van der Waals surface area contributed by atoms with E-state index in [0.717, 1.165) is 30.3 Å². The topological polar surface area (TPSA) is 85.1 Å². The van der Waals surface area contributed by atoms with Gasteiger partial charge in [0.2, 0.25) is 11.8 Å². The Morgan fingerprint density at radius 1 is 1.19 bits per heavy atom. The molecule has 3 heterocycles. The van der Waals surface area contributed by atoms with E-state index >= 15 is 0 Å². The molecule has 1 fully saturated rings. The van der Waals surface area contributed by atoms with E-state index in [2.05, 4.69) is 9.88 Å². The molecular formula is C27H37N3O5S. The molecule has 0 aliphatic carbocycles. The van der Waals surface area contributed by atoms with Crippen molar-refractivity contribution in [1.29, 1.82) is 0 Å². The van der Waals surface area contributed by atoms with Crippen LogP contribution in [0.2, 0.25) is 0 Å². The van der Waals surface area contributed by atoms with Crippen LogP contribution in [-0.4, -0.2) is 64.4 Å². The highest BCUT2D eigenvalue weighted by atomic mass is 32.2. The van der Waals surface area contributed by atoms with E-state index in [-0.39, 0.29) is 24.8 Å². The summed E-state index contributed by atoms with van der Waals surface area (Å²) in [6.07, 6.45) is 10.0. The van der Waals surface area contributed by atoms with Crippen molar-refractivity contribution in [2.75, 3.05) is 32.0 Å². The van der Waals surface area contributed by atoms with Gasteiger partial charge in [0, 0.05) is 18.8 Å². The molecule has 2 amide bonds. The zero-order chi connectivity index (χ0) is 25.8. The van der Waals surface area contributed by atoms with Crippen molar-refractivity contribution >= 4 is 23.8 Å². The van der Waals surface area contributed by atoms with Crippen molar-refractivity contribution in [1.82, 2.24) is 14.8 Å². The average Bonchev–Trinajstić information content (AvgIpc) is 3.34. The van der Waals surface area contributed by atoms with Gasteiger partial charge in [-0.2, -0.15) is 0 Å². The number of nitrogens with zero attached hydrogens (tertiary/aromatic N) is 3. The number of imide groups is 1. The number of hydrogen-bond acceptors (Lipinski definition) is 8. The van der Waals surface area contributed by atoms with Crippen LogP contribution in [0.4, 0.5) is 4.79 Å². The molecule has 2 aromatic heterocycles. The van der Waals surface area contributed by atoms with Gasteiger partial charge in [0.05, 0.1) is 24.3 Å². The lowest BCUT2D eigenvalue weighted by atomic mass is 10.1. The largest absolute Gasteiger partial charge is 0.473 e. The van der Waals surface area contributed by atoms with Crippen LogP contribution in [0.3, 0.4) is 0 Å². The maximum absolute atomic E-state index is 12.8. The summed E-state index contributed by atoms with van der Waals surface area (Å²) in [7, 11) is 0. The van der Waals surface area contributed by atoms with Crippen LogP contribution in [0, 0.1) is 0 Å². The van der Waals surface area contributed by atoms with Gasteiger partial charge in [0.15, 0.2) is 0 Å². The number of hydrogen-bond donors (Lipinski definition) is 0. The molecule has 0 saturated carbocycles. The number of carbonyl (C=O) groups excluding carboxylic acids is 2. The number of ether oxygens (including phenoxy) is 2. The van der Waals surface area contributed by atoms with E-state index in [1.165, 1.54) is 36.6 Å². The Morgan fingerprint density at radius 3 is 2.72 bits per heavy atom. The number of carbonyl (C=O) groups is 2. The lowest BCUT2D eigenvalue weighted by molar-refractivity contribution is -0.127. The third kappa shape index (κ3) is 10.1. The molecule has 8 nitrogen and oxygen atoms in total. The zero-order valence-electron chi connectivity index (χ0n) is 21.5. The van der Waals surface area contributed by atoms with Gasteiger partial charge in [-0.25, -0.2) is 14.7 Å². The Labute approximate surface area is 218 Å². The Bertz CT molecular complexity index is 982. The predicted molar refractivity (Wildman–Crippen MR) is 141 cm³/mol. The molecular weight excluding hydrogens is 478 g/mol. The second-order valence-electron chi connectivity index (χ2n) is 9.68. The molecule has 0 N–H and O–H groups in total. The summed E-state index contributed by atoms with van der Waals surface area (Å²) in [6, 6.07) is 7.64. The number of thioether (sulfide) groups is 1. The van der Waals surface area contributed by atoms with Crippen molar-refractivity contribution in [2.24, 2.45) is 0 Å². The van der Waals surface area contributed by atoms with E-state index in [9.17, 15) is 9.59 Å². The molecule has 1 aliphatic rings. The van der Waals surface area contributed by atoms with E-state index in [0.29, 0.717) is 11.6 Å². The molecule has 0 bridgehead atoms. The Morgan fingerprint density at radius 2 is 2.00 bits per heavy atom. The highest BCUT2D eigenvalue weighted by molar-refractivity contribution is 7.99. The monoisotopic (exact) mass is 515 g/mol. The third-order valence-electron chi connectivity index (χ3n) is 5.40. The fourth-order valence-electron chi connectivity index (χ4n) is 3.69. The van der Waals surface area contributed by atoms with E-state index in [4.69, 9.17) is 13.9 Å². The molecule has 9 heteroatoms. The quantitative estimate of drug-likeness (QED) is 0.373. The smallest absolute Gasteiger partial charge is 0.417 e. The standard InChI is InChI=1S/C27H37N3O5S/c1-27(2,3)35-26(32)30(25(31)21-36-20-23-10-9-17-33-23)15-7-8-16-34-24-18-22(11-12-28-24)19-29-13-5-4-6-14-29/h7-12,17-18H,4-6,13-16,19-21H2,1-3H3/b8-7-. The first-order valence-electron chi connectivity index (χ1n) is 12.4. The molecule has 0 spiro atoms. The molecule has 1 saturated heterocycles. The van der Waals surface area contributed by atoms with E-state index in [1.54, 1.807) is 51.4 Å². The van der Waals surface area contributed by atoms with Gasteiger partial charge >= 0.3 is 6.09 Å². The van der Waals surface area contributed by atoms with Gasteiger partial charge in [-0.15, -0.1) is 11.8 Å². The Balaban J connectivity index is 1.49. The number of rotatable bonds is 11. The van der Waals surface area contributed by atoms with Crippen molar-refractivity contribution < 1.29 is 23.5 Å². The molecule has 0 atom stereocenters. The Kier molecular flexibility index (Phi) is 10.9. The summed E-state index contributed by atoms with van der Waals surface area (Å²) in [6.45, 7) is 8.87. The minimum Gasteiger partial charge on any atom is -0.473 e. The minimum absolute atomic E-state index is 0.0981. The summed E-state index contributed by atoms with van der Waals surface area (Å²) in [4.78, 5) is 33.3. The van der Waals surface area contributed by atoms with E-state index in [1.807, 2.05) is 18.2 Å². The second kappa shape index (κ2) is 14.1. The van der Waals surface area contributed by atoms with Gasteiger partial charge in [-0.05, 0) is 76.5 Å². The molecule has 3 rings (SSSR count). The molecule has 2 aromatic rings. The van der Waals surface area contributed by atoms with Crippen LogP contribution >= 0.6 is 11.8 Å². The van der Waals surface area contributed by atoms with Gasteiger partial charge in [0.1, 0.15) is 18.0 Å². The molecule has 1 aliphatic heterocycles. The maximum atomic E-state index is 12.8. The van der Waals surface area contributed by atoms with Gasteiger partial charge in [-0.3, -0.25) is 9.69 Å². The maximum Gasteiger partial charge on any atom is 0.417 e. The van der Waals surface area contributed by atoms with Crippen molar-refractivity contribution in [3.05, 3.63) is 60.2 Å². The first-order valence-corrected chi connectivity index (χ1v) is 13.5. The Hall–Kier alpha value is -2.78. The summed E-state index contributed by atoms with van der Waals surface area (Å²) in [5, 5.41) is 0. The average molecular weight is 516 g/mol. The summed E-state index contributed by atoms with van der Waals surface area (Å²) in [5.41, 5.74) is 0.480. The van der Waals surface area contributed by atoms with Crippen LogP contribution in [0.15, 0.2) is 53.3 Å². The first kappa shape index (κ1) is 27.8. The molecule has 196 valence electrons. The molecule has 36 heavy (non-hydrogen) atoms. The van der Waals surface area contributed by atoms with Crippen LogP contribution in [0.5, 0.6) is 5.88 Å². The van der Waals surface area contributed by atoms with Crippen LogP contribution in [0.25, 0.3) is 0 Å². The first-order chi connectivity index (χ1) is 17.3. The van der Waals surface area contributed by atoms with Crippen LogP contribution < -0.4 is 4.74 Å². The molecule has 0 unspecified atom stereocenters. The number of amides is 2. The minimum atomic E-state index is -0.700. The fraction of sp³-hybridized carbons (Fsp3) is 0.519. The van der Waals surface area contributed by atoms with E-state index < -0.39 is 11.7 Å². The predicted octanol–water partition coefficient (Wildman–Crippen LogP) is 5.29. The second-order valence-corrected chi connectivity index (χ2v) is 10.7. The SMILES string of the molecule is CC(C)(C)OC(=O)N(C/C=C\COc1cc(CN2CCCCC2)ccn1)C(=O)CSCc1ccco1. The number of furan rings is 1. The zero-order valence-corrected chi connectivity index (χ0v) is 22.3. The third-order valence-corrected chi connectivity index (χ3v) is 6.34. The normalized spacial score (nSPS) is 14.6. The van der Waals surface area contributed by atoms with Crippen molar-refractivity contribution in [3.63, 3.8) is 0 Å². The highest BCUT2D eigenvalue weighted by Crippen LogP contribution is 2.17. The fourth-order valence-corrected chi connectivity index (χ4v) is 4.49.